The second kappa shape index (κ2) is 12.3. The fourth-order valence-electron chi connectivity index (χ4n) is 5.55. The van der Waals surface area contributed by atoms with Crippen LogP contribution in [-0.2, 0) is 16.1 Å². The molecule has 1 amide bonds. The maximum absolute atomic E-state index is 12.6. The Bertz CT molecular complexity index is 722. The summed E-state index contributed by atoms with van der Waals surface area (Å²) in [7, 11) is 0. The van der Waals surface area contributed by atoms with Crippen LogP contribution in [0.3, 0.4) is 0 Å². The van der Waals surface area contributed by atoms with E-state index in [0.717, 1.165) is 70.5 Å². The molecule has 1 N–H and O–H groups in total. The Labute approximate surface area is 198 Å². The predicted octanol–water partition coefficient (Wildman–Crippen LogP) is 2.85. The molecule has 0 unspecified atom stereocenters. The highest BCUT2D eigenvalue weighted by Gasteiger charge is 2.34. The van der Waals surface area contributed by atoms with Gasteiger partial charge >= 0.3 is 0 Å². The number of carbonyl (C=O) groups excluding carboxylic acids is 1. The largest absolute Gasteiger partial charge is 0.379 e. The number of carbonyl (C=O) groups is 1. The molecule has 1 aromatic rings. The summed E-state index contributed by atoms with van der Waals surface area (Å²) in [5.41, 5.74) is 1.27. The zero-order valence-electron chi connectivity index (χ0n) is 19.3. The van der Waals surface area contributed by atoms with Crippen molar-refractivity contribution in [2.24, 2.45) is 5.92 Å². The summed E-state index contributed by atoms with van der Waals surface area (Å²) in [4.78, 5) is 20.2. The lowest BCUT2D eigenvalue weighted by atomic mass is 9.86. The maximum atomic E-state index is 12.6. The Kier molecular flexibility index (Phi) is 9.23. The molecule has 3 saturated heterocycles. The van der Waals surface area contributed by atoms with Gasteiger partial charge in [-0.05, 0) is 68.9 Å². The first-order chi connectivity index (χ1) is 15.7. The molecule has 6 nitrogen and oxygen atoms in total. The number of hydrogen-bond donors (Lipinski definition) is 1. The van der Waals surface area contributed by atoms with Gasteiger partial charge in [0.05, 0.1) is 13.2 Å². The van der Waals surface area contributed by atoms with E-state index in [-0.39, 0.29) is 5.91 Å². The van der Waals surface area contributed by atoms with Crippen molar-refractivity contribution in [3.05, 3.63) is 34.9 Å². The molecule has 0 spiro atoms. The molecule has 0 bridgehead atoms. The number of piperidine rings is 1. The average molecular weight is 463 g/mol. The molecule has 0 aliphatic carbocycles. The standard InChI is InChI=1S/C25H39ClN4O2/c26-23-5-3-4-21(18-23)19-29-12-8-24(30-10-1-2-11-30)22(20-29)6-7-25(31)27-9-13-28-14-16-32-17-15-28/h3-5,18,22,24H,1-2,6-17,19-20H2,(H,27,31)/t22-,24+/m0/s1. The summed E-state index contributed by atoms with van der Waals surface area (Å²) in [6.45, 7) is 10.8. The Hall–Kier alpha value is -1.18. The number of hydrogen-bond acceptors (Lipinski definition) is 5. The number of nitrogens with one attached hydrogen (secondary N) is 1. The van der Waals surface area contributed by atoms with E-state index < -0.39 is 0 Å². The van der Waals surface area contributed by atoms with E-state index in [9.17, 15) is 4.79 Å². The van der Waals surface area contributed by atoms with Crippen LogP contribution in [0.15, 0.2) is 24.3 Å². The quantitative estimate of drug-likeness (QED) is 0.611. The van der Waals surface area contributed by atoms with Crippen LogP contribution in [0, 0.1) is 5.92 Å². The van der Waals surface area contributed by atoms with Gasteiger partial charge < -0.3 is 15.0 Å². The molecule has 3 heterocycles. The molecule has 7 heteroatoms. The molecule has 178 valence electrons. The minimum Gasteiger partial charge on any atom is -0.379 e. The number of nitrogens with zero attached hydrogens (tertiary/aromatic N) is 3. The van der Waals surface area contributed by atoms with Crippen molar-refractivity contribution in [1.29, 1.82) is 0 Å². The summed E-state index contributed by atoms with van der Waals surface area (Å²) in [5, 5.41) is 3.95. The number of amides is 1. The first-order valence-electron chi connectivity index (χ1n) is 12.4. The van der Waals surface area contributed by atoms with Crippen molar-refractivity contribution in [3.8, 4) is 0 Å². The van der Waals surface area contributed by atoms with Crippen LogP contribution in [-0.4, -0.2) is 92.2 Å². The maximum Gasteiger partial charge on any atom is 0.220 e. The van der Waals surface area contributed by atoms with Gasteiger partial charge in [-0.2, -0.15) is 0 Å². The number of morpholine rings is 1. The third kappa shape index (κ3) is 7.16. The summed E-state index contributed by atoms with van der Waals surface area (Å²) in [5.74, 6) is 0.747. The monoisotopic (exact) mass is 462 g/mol. The van der Waals surface area contributed by atoms with E-state index in [1.165, 1.54) is 37.9 Å². The van der Waals surface area contributed by atoms with Crippen LogP contribution in [0.4, 0.5) is 0 Å². The number of likely N-dealkylation sites (tertiary alicyclic amines) is 2. The Morgan fingerprint density at radius 1 is 1.09 bits per heavy atom. The molecule has 0 aromatic heterocycles. The van der Waals surface area contributed by atoms with Crippen LogP contribution in [0.5, 0.6) is 0 Å². The van der Waals surface area contributed by atoms with Gasteiger partial charge in [-0.3, -0.25) is 14.6 Å². The van der Waals surface area contributed by atoms with E-state index in [4.69, 9.17) is 16.3 Å². The van der Waals surface area contributed by atoms with Crippen LogP contribution in [0.2, 0.25) is 5.02 Å². The Balaban J connectivity index is 1.26. The third-order valence-electron chi connectivity index (χ3n) is 7.28. The number of rotatable bonds is 9. The number of halogens is 1. The van der Waals surface area contributed by atoms with Crippen LogP contribution < -0.4 is 5.32 Å². The average Bonchev–Trinajstić information content (AvgIpc) is 3.33. The minimum atomic E-state index is 0.199. The molecule has 1 aromatic carbocycles. The highest BCUT2D eigenvalue weighted by atomic mass is 35.5. The molecular formula is C25H39ClN4O2. The van der Waals surface area contributed by atoms with Crippen molar-refractivity contribution in [2.75, 3.05) is 65.6 Å². The van der Waals surface area contributed by atoms with E-state index in [2.05, 4.69) is 32.1 Å². The van der Waals surface area contributed by atoms with E-state index in [1.807, 2.05) is 12.1 Å². The summed E-state index contributed by atoms with van der Waals surface area (Å²) >= 11 is 6.20. The summed E-state index contributed by atoms with van der Waals surface area (Å²) in [6.07, 6.45) is 5.43. The van der Waals surface area contributed by atoms with Gasteiger partial charge in [-0.1, -0.05) is 23.7 Å². The van der Waals surface area contributed by atoms with Crippen molar-refractivity contribution < 1.29 is 9.53 Å². The predicted molar refractivity (Wildman–Crippen MR) is 129 cm³/mol. The van der Waals surface area contributed by atoms with Gasteiger partial charge in [0.1, 0.15) is 0 Å². The lowest BCUT2D eigenvalue weighted by Crippen LogP contribution is -2.50. The fourth-order valence-corrected chi connectivity index (χ4v) is 5.77. The highest BCUT2D eigenvalue weighted by molar-refractivity contribution is 6.30. The van der Waals surface area contributed by atoms with Crippen molar-refractivity contribution in [3.63, 3.8) is 0 Å². The molecule has 3 aliphatic heterocycles. The normalized spacial score (nSPS) is 25.8. The summed E-state index contributed by atoms with van der Waals surface area (Å²) < 4.78 is 5.39. The molecule has 3 fully saturated rings. The fraction of sp³-hybridized carbons (Fsp3) is 0.720. The Morgan fingerprint density at radius 2 is 1.91 bits per heavy atom. The van der Waals surface area contributed by atoms with Gasteiger partial charge in [0.2, 0.25) is 5.91 Å². The van der Waals surface area contributed by atoms with Crippen molar-refractivity contribution in [1.82, 2.24) is 20.0 Å². The van der Waals surface area contributed by atoms with Crippen LogP contribution in [0.1, 0.15) is 37.7 Å². The first-order valence-corrected chi connectivity index (χ1v) is 12.8. The van der Waals surface area contributed by atoms with Gasteiger partial charge in [-0.15, -0.1) is 0 Å². The van der Waals surface area contributed by atoms with Crippen LogP contribution in [0.25, 0.3) is 0 Å². The molecular weight excluding hydrogens is 424 g/mol. The molecule has 0 radical (unpaired) electrons. The molecule has 32 heavy (non-hydrogen) atoms. The van der Waals surface area contributed by atoms with E-state index in [1.54, 1.807) is 0 Å². The lowest BCUT2D eigenvalue weighted by molar-refractivity contribution is -0.121. The highest BCUT2D eigenvalue weighted by Crippen LogP contribution is 2.29. The second-order valence-corrected chi connectivity index (χ2v) is 10.0. The molecule has 4 rings (SSSR count). The van der Waals surface area contributed by atoms with Crippen molar-refractivity contribution >= 4 is 17.5 Å². The second-order valence-electron chi connectivity index (χ2n) is 9.57. The van der Waals surface area contributed by atoms with E-state index >= 15 is 0 Å². The van der Waals surface area contributed by atoms with Crippen molar-refractivity contribution in [2.45, 2.75) is 44.7 Å². The zero-order valence-corrected chi connectivity index (χ0v) is 20.1. The first kappa shape index (κ1) is 24.0. The van der Waals surface area contributed by atoms with Crippen LogP contribution >= 0.6 is 11.6 Å². The number of ether oxygens (including phenoxy) is 1. The SMILES string of the molecule is O=C(CC[C@H]1CN(Cc2cccc(Cl)c2)CC[C@H]1N1CCCC1)NCCN1CCOCC1. The van der Waals surface area contributed by atoms with Gasteiger partial charge in [-0.25, -0.2) is 0 Å². The number of benzene rings is 1. The zero-order chi connectivity index (χ0) is 22.2. The molecule has 3 aliphatic rings. The topological polar surface area (TPSA) is 48.1 Å². The Morgan fingerprint density at radius 3 is 2.69 bits per heavy atom. The van der Waals surface area contributed by atoms with Gasteiger partial charge in [0.25, 0.3) is 0 Å². The smallest absolute Gasteiger partial charge is 0.220 e. The van der Waals surface area contributed by atoms with Gasteiger partial charge in [0, 0.05) is 56.8 Å². The molecule has 0 saturated carbocycles. The third-order valence-corrected chi connectivity index (χ3v) is 7.51. The van der Waals surface area contributed by atoms with Gasteiger partial charge in [0.15, 0.2) is 0 Å². The molecule has 2 atom stereocenters. The summed E-state index contributed by atoms with van der Waals surface area (Å²) in [6, 6.07) is 8.83. The lowest BCUT2D eigenvalue weighted by Gasteiger charge is -2.43. The van der Waals surface area contributed by atoms with E-state index in [0.29, 0.717) is 18.4 Å². The minimum absolute atomic E-state index is 0.199.